The zero-order chi connectivity index (χ0) is 14.8. The second kappa shape index (κ2) is 5.97. The van der Waals surface area contributed by atoms with Crippen LogP contribution >= 0.6 is 12.2 Å². The highest BCUT2D eigenvalue weighted by atomic mass is 32.1. The highest BCUT2D eigenvalue weighted by molar-refractivity contribution is 7.71. The van der Waals surface area contributed by atoms with Crippen molar-refractivity contribution in [3.63, 3.8) is 0 Å². The summed E-state index contributed by atoms with van der Waals surface area (Å²) in [7, 11) is 0. The molecule has 0 aromatic carbocycles. The van der Waals surface area contributed by atoms with Crippen molar-refractivity contribution in [2.24, 2.45) is 0 Å². The first-order chi connectivity index (χ1) is 10.2. The Labute approximate surface area is 129 Å². The number of rotatable bonds is 3. The molecular formula is C15H20N4OS. The number of aryl methyl sites for hydroxylation is 2. The number of aromatic amines is 1. The topological polar surface area (TPSA) is 53.9 Å². The maximum absolute atomic E-state index is 12.3. The van der Waals surface area contributed by atoms with E-state index in [4.69, 9.17) is 12.2 Å². The molecule has 1 fully saturated rings. The number of carbonyl (C=O) groups is 1. The van der Waals surface area contributed by atoms with Crippen molar-refractivity contribution >= 4 is 29.3 Å². The Kier molecular flexibility index (Phi) is 4.05. The van der Waals surface area contributed by atoms with Crippen LogP contribution < -0.4 is 0 Å². The average Bonchev–Trinajstić information content (AvgIpc) is 2.83. The Morgan fingerprint density at radius 1 is 1.38 bits per heavy atom. The Morgan fingerprint density at radius 3 is 2.90 bits per heavy atom. The fourth-order valence-electron chi connectivity index (χ4n) is 2.89. The minimum Gasteiger partial charge on any atom is -0.343 e. The standard InChI is InChI=1S/C15H20N4OS/c1-11-5-7-16-14-13(11)17-15(21)19(14)10-6-12(20)18-8-3-2-4-9-18/h5,7H,2-4,6,8-10H2,1H3,(H,17,21). The van der Waals surface area contributed by atoms with Gasteiger partial charge in [-0.3, -0.25) is 4.79 Å². The number of likely N-dealkylation sites (tertiary alicyclic amines) is 1. The molecule has 1 aliphatic rings. The quantitative estimate of drug-likeness (QED) is 0.887. The van der Waals surface area contributed by atoms with Crippen LogP contribution in [0.3, 0.4) is 0 Å². The minimum absolute atomic E-state index is 0.221. The number of nitrogens with zero attached hydrogens (tertiary/aromatic N) is 3. The molecule has 2 aromatic rings. The van der Waals surface area contributed by atoms with Gasteiger partial charge in [0.1, 0.15) is 0 Å². The third-order valence-electron chi connectivity index (χ3n) is 4.13. The SMILES string of the molecule is Cc1ccnc2c1[nH]c(=S)n2CCC(=O)N1CCCCC1. The van der Waals surface area contributed by atoms with E-state index in [1.54, 1.807) is 6.20 Å². The molecule has 3 rings (SSSR count). The smallest absolute Gasteiger partial charge is 0.224 e. The monoisotopic (exact) mass is 304 g/mol. The summed E-state index contributed by atoms with van der Waals surface area (Å²) in [6.07, 6.45) is 5.75. The van der Waals surface area contributed by atoms with E-state index in [2.05, 4.69) is 9.97 Å². The van der Waals surface area contributed by atoms with E-state index in [0.29, 0.717) is 17.7 Å². The molecule has 6 heteroatoms. The van der Waals surface area contributed by atoms with Crippen LogP contribution in [0.5, 0.6) is 0 Å². The van der Waals surface area contributed by atoms with Gasteiger partial charge in [0.2, 0.25) is 5.91 Å². The maximum Gasteiger partial charge on any atom is 0.224 e. The summed E-state index contributed by atoms with van der Waals surface area (Å²) in [5, 5.41) is 0. The maximum atomic E-state index is 12.3. The fourth-order valence-corrected chi connectivity index (χ4v) is 3.17. The van der Waals surface area contributed by atoms with Crippen molar-refractivity contribution in [1.82, 2.24) is 19.4 Å². The Hall–Kier alpha value is -1.69. The molecule has 0 unspecified atom stereocenters. The predicted octanol–water partition coefficient (Wildman–Crippen LogP) is 2.80. The van der Waals surface area contributed by atoms with E-state index >= 15 is 0 Å². The molecule has 5 nitrogen and oxygen atoms in total. The number of amides is 1. The third kappa shape index (κ3) is 2.85. The van der Waals surface area contributed by atoms with Gasteiger partial charge in [-0.05, 0) is 50.0 Å². The van der Waals surface area contributed by atoms with Crippen LogP contribution in [0.25, 0.3) is 11.2 Å². The largest absolute Gasteiger partial charge is 0.343 e. The highest BCUT2D eigenvalue weighted by Gasteiger charge is 2.17. The van der Waals surface area contributed by atoms with Gasteiger partial charge in [-0.1, -0.05) is 0 Å². The van der Waals surface area contributed by atoms with Gasteiger partial charge in [-0.2, -0.15) is 0 Å². The number of pyridine rings is 1. The molecule has 1 saturated heterocycles. The first-order valence-electron chi connectivity index (χ1n) is 7.49. The van der Waals surface area contributed by atoms with E-state index in [9.17, 15) is 4.79 Å². The van der Waals surface area contributed by atoms with Gasteiger partial charge < -0.3 is 14.5 Å². The second-order valence-electron chi connectivity index (χ2n) is 5.60. The summed E-state index contributed by atoms with van der Waals surface area (Å²) in [6.45, 7) is 4.41. The lowest BCUT2D eigenvalue weighted by atomic mass is 10.1. The molecule has 112 valence electrons. The number of H-pyrrole nitrogens is 1. The van der Waals surface area contributed by atoms with Crippen molar-refractivity contribution < 1.29 is 4.79 Å². The molecule has 1 N–H and O–H groups in total. The first kappa shape index (κ1) is 14.3. The molecule has 2 aromatic heterocycles. The van der Waals surface area contributed by atoms with E-state index in [0.717, 1.165) is 42.7 Å². The average molecular weight is 304 g/mol. The van der Waals surface area contributed by atoms with Crippen LogP contribution in [0.1, 0.15) is 31.2 Å². The predicted molar refractivity (Wildman–Crippen MR) is 84.7 cm³/mol. The lowest BCUT2D eigenvalue weighted by Crippen LogP contribution is -2.36. The zero-order valence-corrected chi connectivity index (χ0v) is 13.1. The highest BCUT2D eigenvalue weighted by Crippen LogP contribution is 2.16. The summed E-state index contributed by atoms with van der Waals surface area (Å²) in [6, 6.07) is 1.96. The van der Waals surface area contributed by atoms with Gasteiger partial charge in [0.05, 0.1) is 5.52 Å². The number of nitrogens with one attached hydrogen (secondary N) is 1. The van der Waals surface area contributed by atoms with Gasteiger partial charge in [-0.15, -0.1) is 0 Å². The third-order valence-corrected chi connectivity index (χ3v) is 4.45. The van der Waals surface area contributed by atoms with Crippen LogP contribution in [-0.2, 0) is 11.3 Å². The zero-order valence-electron chi connectivity index (χ0n) is 12.3. The number of hydrogen-bond acceptors (Lipinski definition) is 3. The molecule has 1 aliphatic heterocycles. The van der Waals surface area contributed by atoms with Crippen molar-refractivity contribution in [1.29, 1.82) is 0 Å². The molecule has 0 saturated carbocycles. The molecule has 1 amide bonds. The molecule has 3 heterocycles. The summed E-state index contributed by atoms with van der Waals surface area (Å²) >= 11 is 5.36. The Bertz CT molecular complexity index is 712. The Balaban J connectivity index is 1.76. The van der Waals surface area contributed by atoms with E-state index in [1.165, 1.54) is 6.42 Å². The van der Waals surface area contributed by atoms with Gasteiger partial charge in [0.15, 0.2) is 10.4 Å². The lowest BCUT2D eigenvalue weighted by molar-refractivity contribution is -0.132. The fraction of sp³-hybridized carbons (Fsp3) is 0.533. The van der Waals surface area contributed by atoms with Crippen LogP contribution in [0.4, 0.5) is 0 Å². The van der Waals surface area contributed by atoms with E-state index < -0.39 is 0 Å². The van der Waals surface area contributed by atoms with Gasteiger partial charge >= 0.3 is 0 Å². The number of fused-ring (bicyclic) bond motifs is 1. The molecule has 0 aliphatic carbocycles. The summed E-state index contributed by atoms with van der Waals surface area (Å²) in [4.78, 5) is 21.8. The van der Waals surface area contributed by atoms with Crippen LogP contribution in [0.15, 0.2) is 12.3 Å². The van der Waals surface area contributed by atoms with Gasteiger partial charge in [0.25, 0.3) is 0 Å². The molecule has 0 atom stereocenters. The molecular weight excluding hydrogens is 284 g/mol. The van der Waals surface area contributed by atoms with Crippen molar-refractivity contribution in [3.8, 4) is 0 Å². The summed E-state index contributed by atoms with van der Waals surface area (Å²) in [5.74, 6) is 0.221. The van der Waals surface area contributed by atoms with E-state index in [-0.39, 0.29) is 5.91 Å². The van der Waals surface area contributed by atoms with Crippen LogP contribution in [0, 0.1) is 11.7 Å². The molecule has 0 radical (unpaired) electrons. The van der Waals surface area contributed by atoms with Crippen LogP contribution in [-0.4, -0.2) is 38.4 Å². The number of aromatic nitrogens is 3. The second-order valence-corrected chi connectivity index (χ2v) is 5.99. The van der Waals surface area contributed by atoms with Gasteiger partial charge in [0, 0.05) is 32.3 Å². The number of piperidine rings is 1. The lowest BCUT2D eigenvalue weighted by Gasteiger charge is -2.26. The molecule has 0 bridgehead atoms. The van der Waals surface area contributed by atoms with Crippen molar-refractivity contribution in [3.05, 3.63) is 22.6 Å². The molecule has 0 spiro atoms. The van der Waals surface area contributed by atoms with Crippen molar-refractivity contribution in [2.75, 3.05) is 13.1 Å². The number of imidazole rings is 1. The normalized spacial score (nSPS) is 15.6. The van der Waals surface area contributed by atoms with Gasteiger partial charge in [-0.25, -0.2) is 4.98 Å². The minimum atomic E-state index is 0.221. The molecule has 21 heavy (non-hydrogen) atoms. The first-order valence-corrected chi connectivity index (χ1v) is 7.89. The van der Waals surface area contributed by atoms with E-state index in [1.807, 2.05) is 22.5 Å². The number of hydrogen-bond donors (Lipinski definition) is 1. The van der Waals surface area contributed by atoms with Crippen LogP contribution in [0.2, 0.25) is 0 Å². The van der Waals surface area contributed by atoms with Crippen molar-refractivity contribution in [2.45, 2.75) is 39.2 Å². The summed E-state index contributed by atoms with van der Waals surface area (Å²) < 4.78 is 2.57. The Morgan fingerprint density at radius 2 is 2.14 bits per heavy atom. The summed E-state index contributed by atoms with van der Waals surface area (Å²) in [5.41, 5.74) is 2.92. The number of carbonyl (C=O) groups excluding carboxylic acids is 1.